The number of hydrogen-bond acceptors (Lipinski definition) is 7. The highest BCUT2D eigenvalue weighted by Gasteiger charge is 2.29. The zero-order valence-corrected chi connectivity index (χ0v) is 9.74. The van der Waals surface area contributed by atoms with Gasteiger partial charge in [-0.1, -0.05) is 5.18 Å². The highest BCUT2D eigenvalue weighted by molar-refractivity contribution is 7.86. The van der Waals surface area contributed by atoms with Crippen LogP contribution in [0.1, 0.15) is 11.1 Å². The van der Waals surface area contributed by atoms with Gasteiger partial charge >= 0.3 is 0 Å². The zero-order chi connectivity index (χ0) is 12.3. The van der Waals surface area contributed by atoms with Crippen molar-refractivity contribution in [3.63, 3.8) is 0 Å². The molecule has 1 N–H and O–H groups in total. The second-order valence-corrected chi connectivity index (χ2v) is 4.82. The van der Waals surface area contributed by atoms with Crippen LogP contribution in [0.4, 0.5) is 0 Å². The molecule has 0 aliphatic rings. The summed E-state index contributed by atoms with van der Waals surface area (Å²) in [5, 5.41) is -0.0476. The second kappa shape index (κ2) is 4.95. The fourth-order valence-corrected chi connectivity index (χ4v) is 1.86. The summed E-state index contributed by atoms with van der Waals surface area (Å²) >= 11 is 10.8. The van der Waals surface area contributed by atoms with Crippen molar-refractivity contribution in [3.8, 4) is 0 Å². The van der Waals surface area contributed by atoms with Crippen LogP contribution in [0, 0.1) is 4.91 Å². The van der Waals surface area contributed by atoms with E-state index < -0.39 is 27.7 Å². The van der Waals surface area contributed by atoms with E-state index in [-0.39, 0.29) is 10.6 Å². The molecule has 8 nitrogen and oxygen atoms in total. The van der Waals surface area contributed by atoms with Crippen molar-refractivity contribution in [2.75, 3.05) is 6.54 Å². The molecule has 88 valence electrons. The van der Waals surface area contributed by atoms with E-state index in [4.69, 9.17) is 27.8 Å². The molecule has 0 radical (unpaired) electrons. The molecule has 1 aromatic rings. The average Bonchev–Trinajstić information content (AvgIpc) is 2.10. The summed E-state index contributed by atoms with van der Waals surface area (Å²) in [6.45, 7) is -0.754. The summed E-state index contributed by atoms with van der Waals surface area (Å²) in [5.41, 5.74) is 0. The first-order chi connectivity index (χ1) is 7.34. The van der Waals surface area contributed by atoms with Gasteiger partial charge in [0.1, 0.15) is 6.54 Å². The standard InChI is InChI=1S/C5H4Cl2N4O4S/c6-4-9-3(10-5(7)11-4)2(1-8-12)16(13,14)15/h2H,1H2,(H,13,14,15). The van der Waals surface area contributed by atoms with E-state index in [1.165, 1.54) is 0 Å². The van der Waals surface area contributed by atoms with Crippen LogP contribution in [0.3, 0.4) is 0 Å². The highest BCUT2D eigenvalue weighted by atomic mass is 35.5. The van der Waals surface area contributed by atoms with E-state index in [0.717, 1.165) is 0 Å². The van der Waals surface area contributed by atoms with Gasteiger partial charge < -0.3 is 0 Å². The van der Waals surface area contributed by atoms with Crippen molar-refractivity contribution in [1.29, 1.82) is 0 Å². The molecule has 0 aliphatic carbocycles. The summed E-state index contributed by atoms with van der Waals surface area (Å²) in [5.74, 6) is -0.438. The highest BCUT2D eigenvalue weighted by Crippen LogP contribution is 2.20. The number of nitrogens with zero attached hydrogens (tertiary/aromatic N) is 4. The lowest BCUT2D eigenvalue weighted by molar-refractivity contribution is 0.466. The van der Waals surface area contributed by atoms with E-state index in [1.54, 1.807) is 0 Å². The predicted molar refractivity (Wildman–Crippen MR) is 54.8 cm³/mol. The Morgan fingerprint density at radius 3 is 2.12 bits per heavy atom. The molecular formula is C5H4Cl2N4O4S. The average molecular weight is 287 g/mol. The van der Waals surface area contributed by atoms with Crippen molar-refractivity contribution < 1.29 is 13.0 Å². The van der Waals surface area contributed by atoms with Crippen molar-refractivity contribution in [3.05, 3.63) is 21.3 Å². The number of nitroso groups, excluding NO2 is 1. The van der Waals surface area contributed by atoms with Crippen LogP contribution >= 0.6 is 23.2 Å². The van der Waals surface area contributed by atoms with E-state index >= 15 is 0 Å². The van der Waals surface area contributed by atoms with Crippen LogP contribution in [0.2, 0.25) is 10.6 Å². The van der Waals surface area contributed by atoms with Gasteiger partial charge in [0.2, 0.25) is 10.6 Å². The molecule has 16 heavy (non-hydrogen) atoms. The third-order valence-electron chi connectivity index (χ3n) is 1.49. The Balaban J connectivity index is 3.26. The summed E-state index contributed by atoms with van der Waals surface area (Å²) in [4.78, 5) is 20.3. The number of rotatable bonds is 4. The van der Waals surface area contributed by atoms with Gasteiger partial charge in [-0.3, -0.25) is 4.55 Å². The Bertz CT molecular complexity index is 487. The zero-order valence-electron chi connectivity index (χ0n) is 7.41. The molecule has 0 aliphatic heterocycles. The monoisotopic (exact) mass is 286 g/mol. The molecule has 0 aromatic carbocycles. The maximum atomic E-state index is 10.9. The Hall–Kier alpha value is -0.900. The van der Waals surface area contributed by atoms with E-state index in [1.807, 2.05) is 0 Å². The van der Waals surface area contributed by atoms with Crippen LogP contribution < -0.4 is 0 Å². The molecule has 1 rings (SSSR count). The van der Waals surface area contributed by atoms with Crippen molar-refractivity contribution in [2.24, 2.45) is 5.18 Å². The van der Waals surface area contributed by atoms with Gasteiger partial charge in [0.05, 0.1) is 0 Å². The fourth-order valence-electron chi connectivity index (χ4n) is 0.861. The quantitative estimate of drug-likeness (QED) is 0.643. The SMILES string of the molecule is O=NCC(c1nc(Cl)nc(Cl)n1)S(=O)(=O)O. The minimum atomic E-state index is -4.58. The Labute approximate surface area is 99.8 Å². The van der Waals surface area contributed by atoms with Crippen molar-refractivity contribution in [2.45, 2.75) is 5.25 Å². The molecule has 1 unspecified atom stereocenters. The first-order valence-electron chi connectivity index (χ1n) is 3.67. The van der Waals surface area contributed by atoms with Gasteiger partial charge in [-0.15, -0.1) is 0 Å². The first-order valence-corrected chi connectivity index (χ1v) is 5.93. The van der Waals surface area contributed by atoms with Crippen LogP contribution in [0.25, 0.3) is 0 Å². The molecule has 0 fully saturated rings. The molecule has 1 atom stereocenters. The number of aromatic nitrogens is 3. The molecule has 1 aromatic heterocycles. The van der Waals surface area contributed by atoms with Gasteiger partial charge in [-0.25, -0.2) is 9.97 Å². The molecule has 0 bridgehead atoms. The molecular weight excluding hydrogens is 283 g/mol. The third kappa shape index (κ3) is 3.30. The summed E-state index contributed by atoms with van der Waals surface area (Å²) in [7, 11) is -4.58. The van der Waals surface area contributed by atoms with E-state index in [0.29, 0.717) is 0 Å². The molecule has 0 saturated carbocycles. The van der Waals surface area contributed by atoms with E-state index in [2.05, 4.69) is 20.1 Å². The van der Waals surface area contributed by atoms with Crippen LogP contribution in [-0.4, -0.2) is 34.5 Å². The van der Waals surface area contributed by atoms with Crippen LogP contribution in [-0.2, 0) is 10.1 Å². The second-order valence-electron chi connectivity index (χ2n) is 2.55. The van der Waals surface area contributed by atoms with Gasteiger partial charge in [-0.2, -0.15) is 18.3 Å². The summed E-state index contributed by atoms with van der Waals surface area (Å²) < 4.78 is 30.7. The lowest BCUT2D eigenvalue weighted by Crippen LogP contribution is -2.18. The Morgan fingerprint density at radius 1 is 1.25 bits per heavy atom. The van der Waals surface area contributed by atoms with Gasteiger partial charge in [0.25, 0.3) is 10.1 Å². The minimum absolute atomic E-state index is 0.352. The molecule has 0 saturated heterocycles. The van der Waals surface area contributed by atoms with Crippen molar-refractivity contribution in [1.82, 2.24) is 15.0 Å². The maximum absolute atomic E-state index is 10.9. The van der Waals surface area contributed by atoms with E-state index in [9.17, 15) is 13.3 Å². The number of halogens is 2. The fraction of sp³-hybridized carbons (Fsp3) is 0.400. The number of hydrogen-bond donors (Lipinski definition) is 1. The lowest BCUT2D eigenvalue weighted by atomic mass is 10.4. The molecule has 0 amide bonds. The van der Waals surface area contributed by atoms with Crippen molar-refractivity contribution >= 4 is 33.3 Å². The first kappa shape index (κ1) is 13.2. The van der Waals surface area contributed by atoms with Gasteiger partial charge in [-0.05, 0) is 23.2 Å². The topological polar surface area (TPSA) is 122 Å². The van der Waals surface area contributed by atoms with Gasteiger partial charge in [0, 0.05) is 0 Å². The normalized spacial score (nSPS) is 13.4. The third-order valence-corrected chi connectivity index (χ3v) is 2.90. The summed E-state index contributed by atoms with van der Waals surface area (Å²) in [6.07, 6.45) is 0. The van der Waals surface area contributed by atoms with Crippen LogP contribution in [0.15, 0.2) is 5.18 Å². The smallest absolute Gasteiger partial charge is 0.277 e. The lowest BCUT2D eigenvalue weighted by Gasteiger charge is -2.08. The predicted octanol–water partition coefficient (Wildman–Crippen LogP) is 0.874. The Kier molecular flexibility index (Phi) is 4.08. The largest absolute Gasteiger partial charge is 0.285 e. The Morgan fingerprint density at radius 2 is 1.75 bits per heavy atom. The minimum Gasteiger partial charge on any atom is -0.285 e. The maximum Gasteiger partial charge on any atom is 0.277 e. The molecule has 11 heteroatoms. The molecule has 0 spiro atoms. The van der Waals surface area contributed by atoms with Gasteiger partial charge in [0.15, 0.2) is 11.1 Å². The summed E-state index contributed by atoms with van der Waals surface area (Å²) in [6, 6.07) is 0. The van der Waals surface area contributed by atoms with Crippen LogP contribution in [0.5, 0.6) is 0 Å². The molecule has 1 heterocycles.